The summed E-state index contributed by atoms with van der Waals surface area (Å²) in [5.74, 6) is -4.51. The molecule has 196 valence electrons. The van der Waals surface area contributed by atoms with Crippen LogP contribution in [0.5, 0.6) is 0 Å². The van der Waals surface area contributed by atoms with Gasteiger partial charge >= 0.3 is 24.1 Å². The maximum absolute atomic E-state index is 13.0. The van der Waals surface area contributed by atoms with E-state index in [0.717, 1.165) is 0 Å². The second-order valence-corrected chi connectivity index (χ2v) is 8.84. The number of aromatic nitrogens is 1. The number of rotatable bonds is 9. The number of esters is 3. The van der Waals surface area contributed by atoms with Crippen molar-refractivity contribution in [3.05, 3.63) is 22.5 Å². The number of carbonyl (C=O) groups is 4. The molecule has 1 amide bonds. The highest BCUT2D eigenvalue weighted by Crippen LogP contribution is 2.30. The van der Waals surface area contributed by atoms with Crippen molar-refractivity contribution < 1.29 is 46.6 Å². The van der Waals surface area contributed by atoms with Crippen molar-refractivity contribution in [1.29, 1.82) is 0 Å². The maximum Gasteiger partial charge on any atom is 0.490 e. The van der Waals surface area contributed by atoms with Gasteiger partial charge in [0.1, 0.15) is 11.3 Å². The monoisotopic (exact) mass is 505 g/mol. The fourth-order valence-electron chi connectivity index (χ4n) is 3.51. The molecule has 10 nitrogen and oxygen atoms in total. The molecule has 13 heteroatoms. The van der Waals surface area contributed by atoms with Crippen LogP contribution in [0.2, 0.25) is 0 Å². The summed E-state index contributed by atoms with van der Waals surface area (Å²) in [4.78, 5) is 51.5. The van der Waals surface area contributed by atoms with Crippen molar-refractivity contribution in [3.8, 4) is 0 Å². The molecule has 0 bridgehead atoms. The molecule has 35 heavy (non-hydrogen) atoms. The Morgan fingerprint density at radius 2 is 1.80 bits per heavy atom. The van der Waals surface area contributed by atoms with Crippen LogP contribution < -0.4 is 10.6 Å². The van der Waals surface area contributed by atoms with Crippen molar-refractivity contribution in [2.45, 2.75) is 77.9 Å². The number of carbonyl (C=O) groups excluding carboxylic acids is 4. The van der Waals surface area contributed by atoms with E-state index in [2.05, 4.69) is 20.4 Å². The normalized spacial score (nSPS) is 17.0. The fourth-order valence-corrected chi connectivity index (χ4v) is 3.51. The Hall–Kier alpha value is -3.09. The van der Waals surface area contributed by atoms with Crippen molar-refractivity contribution in [3.63, 3.8) is 0 Å². The predicted octanol–water partition coefficient (Wildman–Crippen LogP) is 2.68. The summed E-state index contributed by atoms with van der Waals surface area (Å²) in [7, 11) is 0. The lowest BCUT2D eigenvalue weighted by Gasteiger charge is -2.22. The van der Waals surface area contributed by atoms with E-state index in [4.69, 9.17) is 9.47 Å². The predicted molar refractivity (Wildman–Crippen MR) is 115 cm³/mol. The van der Waals surface area contributed by atoms with Crippen LogP contribution in [-0.2, 0) is 30.2 Å². The summed E-state index contributed by atoms with van der Waals surface area (Å²) in [5.41, 5.74) is -1.49. The quantitative estimate of drug-likeness (QED) is 0.265. The molecular weight excluding hydrogens is 475 g/mol. The Morgan fingerprint density at radius 3 is 2.29 bits per heavy atom. The van der Waals surface area contributed by atoms with E-state index >= 15 is 0 Å². The van der Waals surface area contributed by atoms with Crippen LogP contribution >= 0.6 is 0 Å². The highest BCUT2D eigenvalue weighted by atomic mass is 19.4. The molecule has 0 radical (unpaired) electrons. The summed E-state index contributed by atoms with van der Waals surface area (Å²) in [6.07, 6.45) is -6.39. The molecule has 2 heterocycles. The largest absolute Gasteiger partial charge is 0.490 e. The van der Waals surface area contributed by atoms with E-state index < -0.39 is 42.0 Å². The molecule has 0 aliphatic carbocycles. The zero-order valence-electron chi connectivity index (χ0n) is 20.2. The molecule has 1 aliphatic heterocycles. The van der Waals surface area contributed by atoms with Gasteiger partial charge in [0.15, 0.2) is 6.23 Å². The zero-order chi connectivity index (χ0) is 26.6. The van der Waals surface area contributed by atoms with Crippen LogP contribution in [0.4, 0.5) is 13.2 Å². The molecule has 1 aromatic rings. The SMILES string of the molecule is CCOC(=O)c1c(C(NCC2CCC(=O)N2)OC(=O)C(F)(F)F)[nH]c(C(=O)OC(C)(C)C)c1CC. The van der Waals surface area contributed by atoms with Gasteiger partial charge < -0.3 is 24.5 Å². The minimum absolute atomic E-state index is 0.0527. The van der Waals surface area contributed by atoms with Crippen molar-refractivity contribution >= 4 is 23.8 Å². The average Bonchev–Trinajstić information content (AvgIpc) is 3.32. The standard InChI is InChI=1S/C22H30F3N3O7/c1-6-12-14(18(30)33-7-2)16(28-15(12)19(31)35-21(3,4)5)17(34-20(32)22(23,24)25)26-10-11-8-9-13(29)27-11/h11,17,26,28H,6-10H2,1-5H3,(H,27,29). The van der Waals surface area contributed by atoms with E-state index in [9.17, 15) is 32.3 Å². The van der Waals surface area contributed by atoms with Crippen LogP contribution in [-0.4, -0.2) is 59.8 Å². The number of H-pyrrole nitrogens is 1. The van der Waals surface area contributed by atoms with E-state index in [1.165, 1.54) is 6.92 Å². The van der Waals surface area contributed by atoms with Crippen LogP contribution in [0.3, 0.4) is 0 Å². The Labute approximate surface area is 200 Å². The molecule has 2 atom stereocenters. The van der Waals surface area contributed by atoms with Gasteiger partial charge in [0.2, 0.25) is 5.91 Å². The first-order valence-corrected chi connectivity index (χ1v) is 11.1. The first kappa shape index (κ1) is 28.1. The van der Waals surface area contributed by atoms with Crippen LogP contribution in [0.1, 0.15) is 85.8 Å². The number of hydrogen-bond acceptors (Lipinski definition) is 8. The average molecular weight is 505 g/mol. The van der Waals surface area contributed by atoms with Crippen molar-refractivity contribution in [1.82, 2.24) is 15.6 Å². The molecule has 1 fully saturated rings. The minimum atomic E-state index is -5.32. The number of hydrogen-bond donors (Lipinski definition) is 3. The van der Waals surface area contributed by atoms with E-state index in [1.54, 1.807) is 27.7 Å². The lowest BCUT2D eigenvalue weighted by Crippen LogP contribution is -2.40. The highest BCUT2D eigenvalue weighted by Gasteiger charge is 2.44. The highest BCUT2D eigenvalue weighted by molar-refractivity contribution is 5.99. The Kier molecular flexibility index (Phi) is 8.93. The van der Waals surface area contributed by atoms with Gasteiger partial charge in [-0.3, -0.25) is 10.1 Å². The third-order valence-electron chi connectivity index (χ3n) is 4.92. The second-order valence-electron chi connectivity index (χ2n) is 8.84. The zero-order valence-corrected chi connectivity index (χ0v) is 20.2. The Balaban J connectivity index is 2.56. The topological polar surface area (TPSA) is 136 Å². The first-order valence-electron chi connectivity index (χ1n) is 11.1. The molecule has 0 saturated carbocycles. The van der Waals surface area contributed by atoms with Crippen LogP contribution in [0.15, 0.2) is 0 Å². The van der Waals surface area contributed by atoms with Crippen molar-refractivity contribution in [2.24, 2.45) is 0 Å². The van der Waals surface area contributed by atoms with Gasteiger partial charge in [0.25, 0.3) is 0 Å². The molecule has 0 spiro atoms. The summed E-state index contributed by atoms with van der Waals surface area (Å²) in [5, 5.41) is 5.28. The number of aromatic amines is 1. The number of halogens is 3. The summed E-state index contributed by atoms with van der Waals surface area (Å²) in [6.45, 7) is 7.90. The molecule has 1 aliphatic rings. The van der Waals surface area contributed by atoms with Gasteiger partial charge in [-0.1, -0.05) is 6.92 Å². The lowest BCUT2D eigenvalue weighted by molar-refractivity contribution is -0.207. The third-order valence-corrected chi connectivity index (χ3v) is 4.92. The Bertz CT molecular complexity index is 967. The van der Waals surface area contributed by atoms with Gasteiger partial charge in [0, 0.05) is 19.0 Å². The second kappa shape index (κ2) is 11.1. The smallest absolute Gasteiger partial charge is 0.462 e. The van der Waals surface area contributed by atoms with Crippen LogP contribution in [0, 0.1) is 0 Å². The number of amides is 1. The maximum atomic E-state index is 13.0. The molecule has 1 aromatic heterocycles. The molecule has 2 rings (SSSR count). The molecular formula is C22H30F3N3O7. The van der Waals surface area contributed by atoms with Gasteiger partial charge in [-0.05, 0) is 46.1 Å². The summed E-state index contributed by atoms with van der Waals surface area (Å²) in [6, 6.07) is -0.438. The lowest BCUT2D eigenvalue weighted by atomic mass is 10.0. The third kappa shape index (κ3) is 7.44. The van der Waals surface area contributed by atoms with Crippen LogP contribution in [0.25, 0.3) is 0 Å². The molecule has 3 N–H and O–H groups in total. The molecule has 1 saturated heterocycles. The van der Waals surface area contributed by atoms with Gasteiger partial charge in [-0.2, -0.15) is 13.2 Å². The number of nitrogens with one attached hydrogen (secondary N) is 3. The van der Waals surface area contributed by atoms with E-state index in [-0.39, 0.29) is 54.4 Å². The van der Waals surface area contributed by atoms with Gasteiger partial charge in [-0.25, -0.2) is 14.4 Å². The summed E-state index contributed by atoms with van der Waals surface area (Å²) >= 11 is 0. The molecule has 0 aromatic carbocycles. The number of alkyl halides is 3. The van der Waals surface area contributed by atoms with E-state index in [1.807, 2.05) is 0 Å². The van der Waals surface area contributed by atoms with Crippen molar-refractivity contribution in [2.75, 3.05) is 13.2 Å². The van der Waals surface area contributed by atoms with E-state index in [0.29, 0.717) is 6.42 Å². The first-order chi connectivity index (χ1) is 16.2. The van der Waals surface area contributed by atoms with Gasteiger partial charge in [-0.15, -0.1) is 0 Å². The summed E-state index contributed by atoms with van der Waals surface area (Å²) < 4.78 is 54.2. The fraction of sp³-hybridized carbons (Fsp3) is 0.636. The minimum Gasteiger partial charge on any atom is -0.462 e. The van der Waals surface area contributed by atoms with Gasteiger partial charge in [0.05, 0.1) is 17.9 Å². The Morgan fingerprint density at radius 1 is 1.14 bits per heavy atom. The molecule has 2 unspecified atom stereocenters. The number of ether oxygens (including phenoxy) is 3.